The van der Waals surface area contributed by atoms with Gasteiger partial charge >= 0.3 is 0 Å². The first-order valence-corrected chi connectivity index (χ1v) is 12.6. The summed E-state index contributed by atoms with van der Waals surface area (Å²) in [6.07, 6.45) is 3.38. The van der Waals surface area contributed by atoms with Crippen molar-refractivity contribution in [2.24, 2.45) is 0 Å². The Hall–Kier alpha value is -3.17. The fourth-order valence-electron chi connectivity index (χ4n) is 4.43. The molecule has 34 heavy (non-hydrogen) atoms. The van der Waals surface area contributed by atoms with E-state index >= 15 is 0 Å². The number of hydrogen-bond donors (Lipinski definition) is 2. The Labute approximate surface area is 201 Å². The number of anilines is 2. The number of rotatable bonds is 6. The van der Waals surface area contributed by atoms with Gasteiger partial charge in [0.25, 0.3) is 10.0 Å². The van der Waals surface area contributed by atoms with Gasteiger partial charge in [-0.1, -0.05) is 24.1 Å². The highest BCUT2D eigenvalue weighted by Gasteiger charge is 2.52. The van der Waals surface area contributed by atoms with Crippen LogP contribution < -0.4 is 14.8 Å². The molecule has 1 aliphatic heterocycles. The van der Waals surface area contributed by atoms with Crippen LogP contribution in [0.25, 0.3) is 0 Å². The molecule has 1 atom stereocenters. The minimum absolute atomic E-state index is 0.0877. The zero-order valence-electron chi connectivity index (χ0n) is 18.1. The van der Waals surface area contributed by atoms with Crippen molar-refractivity contribution in [1.82, 2.24) is 4.98 Å². The monoisotopic (exact) mass is 501 g/mol. The van der Waals surface area contributed by atoms with Crippen LogP contribution in [0.15, 0.2) is 59.6 Å². The molecule has 2 N–H and O–H groups in total. The molecule has 2 heterocycles. The molecule has 5 rings (SSSR count). The number of pyridine rings is 1. The van der Waals surface area contributed by atoms with E-state index in [1.165, 1.54) is 12.1 Å². The second-order valence-corrected chi connectivity index (χ2v) is 10.6. The average Bonchev–Trinajstić information content (AvgIpc) is 3.06. The molecule has 0 saturated heterocycles. The molecule has 1 unspecified atom stereocenters. The quantitative estimate of drug-likeness (QED) is 0.484. The van der Waals surface area contributed by atoms with Gasteiger partial charge in [0, 0.05) is 17.3 Å². The second kappa shape index (κ2) is 8.25. The molecule has 1 spiro atoms. The van der Waals surface area contributed by atoms with Crippen LogP contribution in [-0.2, 0) is 20.2 Å². The molecule has 0 bridgehead atoms. The van der Waals surface area contributed by atoms with Gasteiger partial charge in [0.1, 0.15) is 22.6 Å². The average molecular weight is 502 g/mol. The Bertz CT molecular complexity index is 1390. The van der Waals surface area contributed by atoms with Gasteiger partial charge in [0.15, 0.2) is 0 Å². The largest absolute Gasteiger partial charge is 0.482 e. The van der Waals surface area contributed by atoms with Gasteiger partial charge in [-0.2, -0.15) is 0 Å². The molecule has 2 aliphatic rings. The molecule has 7 nitrogen and oxygen atoms in total. The number of carbonyl (C=O) groups is 1. The smallest absolute Gasteiger partial charge is 0.264 e. The summed E-state index contributed by atoms with van der Waals surface area (Å²) in [5.74, 6) is -0.788. The van der Waals surface area contributed by atoms with E-state index in [2.05, 4.69) is 15.0 Å². The van der Waals surface area contributed by atoms with Gasteiger partial charge in [0.2, 0.25) is 5.91 Å². The Kier molecular flexibility index (Phi) is 5.49. The van der Waals surface area contributed by atoms with Gasteiger partial charge in [-0.3, -0.25) is 14.5 Å². The Balaban J connectivity index is 1.56. The summed E-state index contributed by atoms with van der Waals surface area (Å²) in [5.41, 5.74) is 1.32. The number of hydrogen-bond acceptors (Lipinski definition) is 5. The van der Waals surface area contributed by atoms with Crippen molar-refractivity contribution >= 4 is 38.9 Å². The molecule has 1 fully saturated rings. The maximum atomic E-state index is 14.4. The summed E-state index contributed by atoms with van der Waals surface area (Å²) in [5, 5.41) is 3.00. The zero-order valence-corrected chi connectivity index (χ0v) is 19.7. The molecular weight excluding hydrogens is 481 g/mol. The van der Waals surface area contributed by atoms with Crippen LogP contribution in [0, 0.1) is 5.82 Å². The van der Waals surface area contributed by atoms with E-state index in [4.69, 9.17) is 16.3 Å². The lowest BCUT2D eigenvalue weighted by Gasteiger charge is -2.36. The fraction of sp³-hybridized carbons (Fsp3) is 0.250. The molecular formula is C24H21ClFN3O4S. The third-order valence-electron chi connectivity index (χ3n) is 6.34. The van der Waals surface area contributed by atoms with E-state index < -0.39 is 32.3 Å². The first-order chi connectivity index (χ1) is 16.2. The van der Waals surface area contributed by atoms with Crippen molar-refractivity contribution in [3.8, 4) is 5.75 Å². The number of carbonyl (C=O) groups excluding carboxylic acids is 1. The number of nitrogens with zero attached hydrogens (tertiary/aromatic N) is 1. The summed E-state index contributed by atoms with van der Waals surface area (Å²) in [6.45, 7) is 1.81. The number of ether oxygens (including phenoxy) is 1. The standard InChI is InChI=1S/C24H21ClFN3O4S/c1-14(19-5-2-3-10-27-19)33-20-13-16(12-17-22(20)28-23(30)24(17)8-4-9-24)29-34(31,32)21-7-6-15(25)11-18(21)26/h2-3,5-7,10-14,29H,4,8-9H2,1H3,(H,28,30). The number of nitrogens with one attached hydrogen (secondary N) is 2. The molecule has 1 aromatic heterocycles. The van der Waals surface area contributed by atoms with Crippen LogP contribution in [0.5, 0.6) is 5.75 Å². The van der Waals surface area contributed by atoms with E-state index in [1.807, 2.05) is 19.1 Å². The number of sulfonamides is 1. The van der Waals surface area contributed by atoms with E-state index in [9.17, 15) is 17.6 Å². The summed E-state index contributed by atoms with van der Waals surface area (Å²) in [4.78, 5) is 16.6. The first kappa shape index (κ1) is 22.6. The van der Waals surface area contributed by atoms with E-state index in [-0.39, 0.29) is 16.6 Å². The van der Waals surface area contributed by atoms with E-state index in [0.29, 0.717) is 35.5 Å². The van der Waals surface area contributed by atoms with Crippen molar-refractivity contribution in [2.45, 2.75) is 42.6 Å². The van der Waals surface area contributed by atoms with Crippen molar-refractivity contribution in [3.63, 3.8) is 0 Å². The highest BCUT2D eigenvalue weighted by atomic mass is 35.5. The summed E-state index contributed by atoms with van der Waals surface area (Å²) in [6, 6.07) is 11.9. The lowest BCUT2D eigenvalue weighted by Crippen LogP contribution is -2.40. The zero-order chi connectivity index (χ0) is 24.1. The van der Waals surface area contributed by atoms with Gasteiger partial charge in [-0.15, -0.1) is 0 Å². The molecule has 2 aromatic carbocycles. The normalized spacial score (nSPS) is 17.0. The maximum Gasteiger partial charge on any atom is 0.264 e. The van der Waals surface area contributed by atoms with Crippen LogP contribution in [-0.4, -0.2) is 19.3 Å². The topological polar surface area (TPSA) is 97.4 Å². The highest BCUT2D eigenvalue weighted by Crippen LogP contribution is 2.55. The van der Waals surface area contributed by atoms with Crippen LogP contribution in [0.1, 0.15) is 43.5 Å². The molecule has 1 saturated carbocycles. The summed E-state index contributed by atoms with van der Waals surface area (Å²) < 4.78 is 48.9. The van der Waals surface area contributed by atoms with Crippen molar-refractivity contribution in [2.75, 3.05) is 10.0 Å². The van der Waals surface area contributed by atoms with Crippen LogP contribution in [0.3, 0.4) is 0 Å². The SMILES string of the molecule is CC(Oc1cc(NS(=O)(=O)c2ccc(Cl)cc2F)cc2c1NC(=O)C21CCC1)c1ccccn1. The van der Waals surface area contributed by atoms with Crippen molar-refractivity contribution in [3.05, 3.63) is 76.8 Å². The van der Waals surface area contributed by atoms with E-state index in [0.717, 1.165) is 18.6 Å². The van der Waals surface area contributed by atoms with Gasteiger partial charge in [-0.25, -0.2) is 12.8 Å². The molecule has 0 radical (unpaired) electrons. The molecule has 3 aromatic rings. The van der Waals surface area contributed by atoms with Crippen LogP contribution >= 0.6 is 11.6 Å². The lowest BCUT2D eigenvalue weighted by atomic mass is 9.65. The molecule has 1 aliphatic carbocycles. The fourth-order valence-corrected chi connectivity index (χ4v) is 5.69. The number of benzene rings is 2. The van der Waals surface area contributed by atoms with Crippen molar-refractivity contribution < 1.29 is 22.3 Å². The third-order valence-corrected chi connectivity index (χ3v) is 7.99. The molecule has 1 amide bonds. The van der Waals surface area contributed by atoms with Gasteiger partial charge < -0.3 is 10.1 Å². The van der Waals surface area contributed by atoms with Crippen LogP contribution in [0.4, 0.5) is 15.8 Å². The first-order valence-electron chi connectivity index (χ1n) is 10.7. The third kappa shape index (κ3) is 3.78. The Morgan fingerprint density at radius 3 is 2.65 bits per heavy atom. The van der Waals surface area contributed by atoms with Gasteiger partial charge in [-0.05, 0) is 61.7 Å². The summed E-state index contributed by atoms with van der Waals surface area (Å²) >= 11 is 5.76. The van der Waals surface area contributed by atoms with E-state index in [1.54, 1.807) is 18.3 Å². The second-order valence-electron chi connectivity index (χ2n) is 8.48. The summed E-state index contributed by atoms with van der Waals surface area (Å²) in [7, 11) is -4.27. The van der Waals surface area contributed by atoms with Gasteiger partial charge in [0.05, 0.1) is 22.5 Å². The van der Waals surface area contributed by atoms with Crippen molar-refractivity contribution in [1.29, 1.82) is 0 Å². The minimum atomic E-state index is -4.27. The number of amides is 1. The number of halogens is 2. The minimum Gasteiger partial charge on any atom is -0.482 e. The molecule has 10 heteroatoms. The number of aromatic nitrogens is 1. The van der Waals surface area contributed by atoms with Crippen LogP contribution in [0.2, 0.25) is 5.02 Å². The Morgan fingerprint density at radius 2 is 2.00 bits per heavy atom. The molecule has 176 valence electrons. The Morgan fingerprint density at radius 1 is 1.21 bits per heavy atom. The lowest BCUT2D eigenvalue weighted by molar-refractivity contribution is -0.123. The highest BCUT2D eigenvalue weighted by molar-refractivity contribution is 7.92. The predicted octanol–water partition coefficient (Wildman–Crippen LogP) is 5.19. The number of fused-ring (bicyclic) bond motifs is 2. The predicted molar refractivity (Wildman–Crippen MR) is 126 cm³/mol. The maximum absolute atomic E-state index is 14.4.